The molecule has 0 saturated heterocycles. The smallest absolute Gasteiger partial charge is 0.155 e. The minimum Gasteiger partial charge on any atom is -0.327 e. The van der Waals surface area contributed by atoms with Crippen molar-refractivity contribution in [3.05, 3.63) is 36.5 Å². The lowest BCUT2D eigenvalue weighted by molar-refractivity contribution is 0.598. The zero-order chi connectivity index (χ0) is 12.0. The number of pyridine rings is 1. The van der Waals surface area contributed by atoms with Gasteiger partial charge in [-0.3, -0.25) is 0 Å². The molecule has 0 amide bonds. The van der Waals surface area contributed by atoms with Crippen LogP contribution in [0.25, 0.3) is 5.82 Å². The summed E-state index contributed by atoms with van der Waals surface area (Å²) in [5.74, 6) is 1.19. The van der Waals surface area contributed by atoms with Crippen LogP contribution in [-0.2, 0) is 0 Å². The zero-order valence-corrected chi connectivity index (χ0v) is 9.91. The van der Waals surface area contributed by atoms with Crippen molar-refractivity contribution in [2.75, 3.05) is 0 Å². The van der Waals surface area contributed by atoms with E-state index in [1.54, 1.807) is 11.0 Å². The molecule has 88 valence electrons. The van der Waals surface area contributed by atoms with Crippen LogP contribution >= 0.6 is 0 Å². The standard InChI is InChI=1S/C12H15N5/c1-12(2)10(11(12)13)8-3-4-9(15-5-8)17-7-14-6-16-17/h3-7,10-11H,13H2,1-2H3. The first kappa shape index (κ1) is 10.4. The van der Waals surface area contributed by atoms with Gasteiger partial charge in [-0.25, -0.2) is 14.6 Å². The molecule has 2 atom stereocenters. The highest BCUT2D eigenvalue weighted by Gasteiger charge is 2.56. The maximum atomic E-state index is 6.05. The topological polar surface area (TPSA) is 69.6 Å². The van der Waals surface area contributed by atoms with E-state index in [1.165, 1.54) is 11.9 Å². The lowest BCUT2D eigenvalue weighted by atomic mass is 10.1. The summed E-state index contributed by atoms with van der Waals surface area (Å²) in [6.07, 6.45) is 5.01. The zero-order valence-electron chi connectivity index (χ0n) is 9.91. The Morgan fingerprint density at radius 1 is 1.35 bits per heavy atom. The molecule has 0 bridgehead atoms. The van der Waals surface area contributed by atoms with Crippen molar-refractivity contribution >= 4 is 0 Å². The van der Waals surface area contributed by atoms with Gasteiger partial charge in [0.25, 0.3) is 0 Å². The van der Waals surface area contributed by atoms with Gasteiger partial charge in [0.05, 0.1) is 0 Å². The maximum Gasteiger partial charge on any atom is 0.155 e. The van der Waals surface area contributed by atoms with Crippen LogP contribution in [0.4, 0.5) is 0 Å². The molecule has 2 aromatic rings. The Bertz CT molecular complexity index is 514. The highest BCUT2D eigenvalue weighted by atomic mass is 15.3. The number of nitrogens with zero attached hydrogens (tertiary/aromatic N) is 4. The van der Waals surface area contributed by atoms with E-state index in [1.807, 2.05) is 12.3 Å². The molecule has 2 unspecified atom stereocenters. The molecule has 1 fully saturated rings. The van der Waals surface area contributed by atoms with Crippen LogP contribution in [0, 0.1) is 5.41 Å². The quantitative estimate of drug-likeness (QED) is 0.837. The second-order valence-corrected chi connectivity index (χ2v) is 5.11. The molecule has 17 heavy (non-hydrogen) atoms. The van der Waals surface area contributed by atoms with Crippen LogP contribution in [0.2, 0.25) is 0 Å². The SMILES string of the molecule is CC1(C)C(N)C1c1ccc(-n2cncn2)nc1. The van der Waals surface area contributed by atoms with E-state index in [2.05, 4.69) is 35.0 Å². The Balaban J connectivity index is 1.87. The van der Waals surface area contributed by atoms with Gasteiger partial charge < -0.3 is 5.73 Å². The van der Waals surface area contributed by atoms with Crippen LogP contribution in [0.15, 0.2) is 31.0 Å². The highest BCUT2D eigenvalue weighted by molar-refractivity contribution is 5.35. The molecule has 0 radical (unpaired) electrons. The monoisotopic (exact) mass is 229 g/mol. The van der Waals surface area contributed by atoms with Crippen LogP contribution in [0.1, 0.15) is 25.3 Å². The van der Waals surface area contributed by atoms with Crippen molar-refractivity contribution in [2.45, 2.75) is 25.8 Å². The molecular weight excluding hydrogens is 214 g/mol. The summed E-state index contributed by atoms with van der Waals surface area (Å²) in [6.45, 7) is 4.38. The molecule has 5 nitrogen and oxygen atoms in total. The first-order valence-corrected chi connectivity index (χ1v) is 5.67. The average Bonchev–Trinajstić information content (AvgIpc) is 2.77. The molecule has 5 heteroatoms. The Kier molecular flexibility index (Phi) is 2.06. The van der Waals surface area contributed by atoms with E-state index >= 15 is 0 Å². The lowest BCUT2D eigenvalue weighted by Crippen LogP contribution is -2.06. The molecule has 1 aliphatic carbocycles. The lowest BCUT2D eigenvalue weighted by Gasteiger charge is -2.04. The third-order valence-electron chi connectivity index (χ3n) is 3.69. The minimum absolute atomic E-state index is 0.191. The predicted molar refractivity (Wildman–Crippen MR) is 63.7 cm³/mol. The van der Waals surface area contributed by atoms with Gasteiger partial charge >= 0.3 is 0 Å². The maximum absolute atomic E-state index is 6.05. The normalized spacial score (nSPS) is 25.8. The van der Waals surface area contributed by atoms with Gasteiger partial charge in [-0.05, 0) is 17.0 Å². The Hall–Kier alpha value is -1.75. The van der Waals surface area contributed by atoms with Crippen molar-refractivity contribution in [3.8, 4) is 5.82 Å². The number of hydrogen-bond acceptors (Lipinski definition) is 4. The van der Waals surface area contributed by atoms with E-state index in [9.17, 15) is 0 Å². The summed E-state index contributed by atoms with van der Waals surface area (Å²) in [6, 6.07) is 4.26. The third kappa shape index (κ3) is 1.54. The van der Waals surface area contributed by atoms with Crippen molar-refractivity contribution in [3.63, 3.8) is 0 Å². The number of rotatable bonds is 2. The molecule has 2 N–H and O–H groups in total. The second kappa shape index (κ2) is 3.37. The van der Waals surface area contributed by atoms with Gasteiger partial charge in [-0.15, -0.1) is 0 Å². The van der Waals surface area contributed by atoms with E-state index in [0.717, 1.165) is 5.82 Å². The summed E-state index contributed by atoms with van der Waals surface area (Å²) >= 11 is 0. The fraction of sp³-hybridized carbons (Fsp3) is 0.417. The molecule has 3 rings (SSSR count). The van der Waals surface area contributed by atoms with E-state index < -0.39 is 0 Å². The van der Waals surface area contributed by atoms with Crippen molar-refractivity contribution < 1.29 is 0 Å². The second-order valence-electron chi connectivity index (χ2n) is 5.11. The fourth-order valence-corrected chi connectivity index (χ4v) is 2.36. The number of hydrogen-bond donors (Lipinski definition) is 1. The number of aromatic nitrogens is 4. The van der Waals surface area contributed by atoms with E-state index in [4.69, 9.17) is 5.73 Å². The highest BCUT2D eigenvalue weighted by Crippen LogP contribution is 2.57. The molecule has 1 saturated carbocycles. The molecule has 0 spiro atoms. The summed E-state index contributed by atoms with van der Waals surface area (Å²) in [5, 5.41) is 4.04. The van der Waals surface area contributed by atoms with Gasteiger partial charge in [-0.1, -0.05) is 19.9 Å². The Morgan fingerprint density at radius 3 is 2.59 bits per heavy atom. The Labute approximate surface area is 99.7 Å². The largest absolute Gasteiger partial charge is 0.327 e. The van der Waals surface area contributed by atoms with Crippen LogP contribution in [0.5, 0.6) is 0 Å². The van der Waals surface area contributed by atoms with Crippen LogP contribution in [-0.4, -0.2) is 25.8 Å². The first-order valence-electron chi connectivity index (χ1n) is 5.67. The fourth-order valence-electron chi connectivity index (χ4n) is 2.36. The van der Waals surface area contributed by atoms with Crippen molar-refractivity contribution in [2.24, 2.45) is 11.1 Å². The van der Waals surface area contributed by atoms with Crippen molar-refractivity contribution in [1.82, 2.24) is 19.7 Å². The van der Waals surface area contributed by atoms with Gasteiger partial charge in [0, 0.05) is 18.2 Å². The molecule has 0 aliphatic heterocycles. The molecular formula is C12H15N5. The summed E-state index contributed by atoms with van der Waals surface area (Å²) in [5.41, 5.74) is 7.44. The van der Waals surface area contributed by atoms with Crippen LogP contribution < -0.4 is 5.73 Å². The van der Waals surface area contributed by atoms with E-state index in [0.29, 0.717) is 5.92 Å². The summed E-state index contributed by atoms with van der Waals surface area (Å²) < 4.78 is 1.64. The Morgan fingerprint density at radius 2 is 2.12 bits per heavy atom. The van der Waals surface area contributed by atoms with Crippen molar-refractivity contribution in [1.29, 1.82) is 0 Å². The van der Waals surface area contributed by atoms with Gasteiger partial charge in [-0.2, -0.15) is 5.10 Å². The van der Waals surface area contributed by atoms with Crippen LogP contribution in [0.3, 0.4) is 0 Å². The van der Waals surface area contributed by atoms with Gasteiger partial charge in [0.15, 0.2) is 5.82 Å². The molecule has 0 aromatic carbocycles. The average molecular weight is 229 g/mol. The van der Waals surface area contributed by atoms with Gasteiger partial charge in [0.2, 0.25) is 0 Å². The third-order valence-corrected chi connectivity index (χ3v) is 3.69. The predicted octanol–water partition coefficient (Wildman–Crippen LogP) is 1.11. The van der Waals surface area contributed by atoms with Gasteiger partial charge in [0.1, 0.15) is 12.7 Å². The molecule has 2 heterocycles. The molecule has 1 aliphatic rings. The summed E-state index contributed by atoms with van der Waals surface area (Å²) in [7, 11) is 0. The number of nitrogens with two attached hydrogens (primary N) is 1. The first-order chi connectivity index (χ1) is 8.10. The minimum atomic E-state index is 0.191. The summed E-state index contributed by atoms with van der Waals surface area (Å²) in [4.78, 5) is 8.28. The molecule has 2 aromatic heterocycles. The van der Waals surface area contributed by atoms with E-state index in [-0.39, 0.29) is 11.5 Å².